The second kappa shape index (κ2) is 8.32. The molecule has 1 rings (SSSR count). The quantitative estimate of drug-likeness (QED) is 0.372. The highest BCUT2D eigenvalue weighted by molar-refractivity contribution is 6.93. The fourth-order valence-electron chi connectivity index (χ4n) is 2.19. The minimum atomic E-state index is -7.25. The van der Waals surface area contributed by atoms with Crippen LogP contribution in [0.5, 0.6) is 0 Å². The number of alkyl halides is 11. The van der Waals surface area contributed by atoms with Crippen LogP contribution in [-0.4, -0.2) is 51.3 Å². The number of rotatable bonds is 7. The lowest BCUT2D eigenvalue weighted by Crippen LogP contribution is -2.63. The molecule has 1 amide bonds. The van der Waals surface area contributed by atoms with Gasteiger partial charge in [0.2, 0.25) is 0 Å². The molecule has 1 unspecified atom stereocenters. The molecule has 15 heteroatoms. The van der Waals surface area contributed by atoms with E-state index in [0.29, 0.717) is 12.2 Å². The summed E-state index contributed by atoms with van der Waals surface area (Å²) in [5.74, 6) is -16.5. The summed E-state index contributed by atoms with van der Waals surface area (Å²) in [6, 6.07) is 4.74. The van der Waals surface area contributed by atoms with E-state index in [0.717, 1.165) is 12.1 Å². The predicted octanol–water partition coefficient (Wildman–Crippen LogP) is 5.33. The summed E-state index contributed by atoms with van der Waals surface area (Å²) in [5, 5.41) is 0.441. The third kappa shape index (κ3) is 4.92. The van der Waals surface area contributed by atoms with Gasteiger partial charge in [-0.25, -0.2) is 0 Å². The van der Waals surface area contributed by atoms with E-state index in [9.17, 15) is 53.1 Å². The summed E-state index contributed by atoms with van der Waals surface area (Å²) in [5.41, 5.74) is 1.03. The van der Waals surface area contributed by atoms with Gasteiger partial charge >= 0.3 is 36.1 Å². The number of anilines is 1. The van der Waals surface area contributed by atoms with Crippen molar-refractivity contribution in [2.24, 2.45) is 0 Å². The van der Waals surface area contributed by atoms with Crippen LogP contribution in [0.3, 0.4) is 0 Å². The second-order valence-electron chi connectivity index (χ2n) is 7.12. The minimum Gasteiger partial charge on any atom is -0.310 e. The Hall–Kier alpha value is -2.16. The lowest BCUT2D eigenvalue weighted by molar-refractivity contribution is -0.472. The van der Waals surface area contributed by atoms with E-state index < -0.39 is 49.9 Å². The Bertz CT molecular complexity index is 867. The van der Waals surface area contributed by atoms with Gasteiger partial charge in [-0.15, -0.1) is 6.58 Å². The zero-order valence-corrected chi connectivity index (χ0v) is 17.5. The molecule has 32 heavy (non-hydrogen) atoms. The Morgan fingerprint density at radius 2 is 1.47 bits per heavy atom. The zero-order chi connectivity index (χ0) is 25.6. The maximum absolute atomic E-state index is 14.5. The first-order chi connectivity index (χ1) is 14.0. The van der Waals surface area contributed by atoms with E-state index in [1.54, 1.807) is 13.1 Å². The molecule has 0 saturated heterocycles. The van der Waals surface area contributed by atoms with E-state index in [1.807, 2.05) is 0 Å². The molecule has 0 aliphatic rings. The third-order valence-electron chi connectivity index (χ3n) is 4.42. The topological polar surface area (TPSA) is 29.5 Å². The van der Waals surface area contributed by atoms with Crippen molar-refractivity contribution in [1.29, 1.82) is 0 Å². The highest BCUT2D eigenvalue weighted by Gasteiger charge is 2.79. The number of amides is 1. The van der Waals surface area contributed by atoms with Gasteiger partial charge in [0.25, 0.3) is 0 Å². The number of carbonyl (C=O) groups is 1. The van der Waals surface area contributed by atoms with Crippen molar-refractivity contribution in [3.8, 4) is 0 Å². The molecule has 1 aromatic rings. The minimum absolute atomic E-state index is 0.188. The fourth-order valence-corrected chi connectivity index (χ4v) is 3.48. The van der Waals surface area contributed by atoms with Crippen LogP contribution in [0.15, 0.2) is 36.5 Å². The number of nitrogens with zero attached hydrogens (tertiary/aromatic N) is 1. The van der Waals surface area contributed by atoms with E-state index >= 15 is 0 Å². The van der Waals surface area contributed by atoms with Crippen LogP contribution in [-0.2, 0) is 9.53 Å². The van der Waals surface area contributed by atoms with Gasteiger partial charge in [0.15, 0.2) is 0 Å². The molecule has 0 N–H and O–H groups in total. The monoisotopic (exact) mass is 503 g/mol. The SMILES string of the molecule is C=C[Si](C)(C)c1cccc(N(C)C(=O)C(F)(OC(F)(F)C(F)(F)C(F)(F)F)C(F)(F)F)c1. The molecule has 0 fully saturated rings. The van der Waals surface area contributed by atoms with Gasteiger partial charge in [0, 0.05) is 12.7 Å². The van der Waals surface area contributed by atoms with Crippen LogP contribution in [0.4, 0.5) is 54.0 Å². The van der Waals surface area contributed by atoms with Crippen molar-refractivity contribution in [1.82, 2.24) is 0 Å². The number of ether oxygens (including phenoxy) is 1. The fraction of sp³-hybridized carbons (Fsp3) is 0.471. The van der Waals surface area contributed by atoms with E-state index in [2.05, 4.69) is 11.3 Å². The maximum Gasteiger partial charge on any atom is 0.462 e. The Kier molecular flexibility index (Phi) is 7.24. The van der Waals surface area contributed by atoms with E-state index in [1.165, 1.54) is 17.8 Å². The van der Waals surface area contributed by atoms with Crippen molar-refractivity contribution >= 4 is 24.9 Å². The number of halogens is 11. The molecule has 3 nitrogen and oxygen atoms in total. The van der Waals surface area contributed by atoms with Gasteiger partial charge in [-0.1, -0.05) is 36.1 Å². The zero-order valence-electron chi connectivity index (χ0n) is 16.5. The maximum atomic E-state index is 14.5. The molecule has 0 aromatic heterocycles. The summed E-state index contributed by atoms with van der Waals surface area (Å²) in [7, 11) is -1.93. The first-order valence-electron chi connectivity index (χ1n) is 8.35. The number of benzene rings is 1. The number of carbonyl (C=O) groups excluding carboxylic acids is 1. The lowest BCUT2D eigenvalue weighted by atomic mass is 10.2. The molecule has 0 spiro atoms. The summed E-state index contributed by atoms with van der Waals surface area (Å²) >= 11 is 0. The van der Waals surface area contributed by atoms with Crippen LogP contribution in [0, 0.1) is 0 Å². The molecular weight excluding hydrogens is 487 g/mol. The van der Waals surface area contributed by atoms with Crippen molar-refractivity contribution in [2.75, 3.05) is 11.9 Å². The van der Waals surface area contributed by atoms with Gasteiger partial charge in [-0.3, -0.25) is 9.53 Å². The summed E-state index contributed by atoms with van der Waals surface area (Å²) in [6.07, 6.45) is -21.0. The predicted molar refractivity (Wildman–Crippen MR) is 94.1 cm³/mol. The van der Waals surface area contributed by atoms with Crippen LogP contribution in [0.1, 0.15) is 0 Å². The number of hydrogen-bond donors (Lipinski definition) is 0. The van der Waals surface area contributed by atoms with Crippen molar-refractivity contribution in [3.63, 3.8) is 0 Å². The van der Waals surface area contributed by atoms with Crippen LogP contribution in [0.25, 0.3) is 0 Å². The second-order valence-corrected chi connectivity index (χ2v) is 11.6. The Morgan fingerprint density at radius 3 is 1.88 bits per heavy atom. The molecule has 0 bridgehead atoms. The highest BCUT2D eigenvalue weighted by Crippen LogP contribution is 2.51. The lowest BCUT2D eigenvalue weighted by Gasteiger charge is -2.36. The van der Waals surface area contributed by atoms with Crippen LogP contribution in [0.2, 0.25) is 13.1 Å². The first-order valence-corrected chi connectivity index (χ1v) is 11.4. The summed E-state index contributed by atoms with van der Waals surface area (Å²) in [6.45, 7) is 7.02. The van der Waals surface area contributed by atoms with Crippen LogP contribution < -0.4 is 10.1 Å². The van der Waals surface area contributed by atoms with Gasteiger partial charge in [-0.2, -0.15) is 48.3 Å². The molecular formula is C17H16F11NO2Si. The van der Waals surface area contributed by atoms with Crippen molar-refractivity contribution in [2.45, 2.75) is 43.3 Å². The third-order valence-corrected chi connectivity index (χ3v) is 7.24. The molecule has 0 aliphatic heterocycles. The smallest absolute Gasteiger partial charge is 0.310 e. The van der Waals surface area contributed by atoms with Gasteiger partial charge in [0.05, 0.1) is 0 Å². The average Bonchev–Trinajstić information content (AvgIpc) is 2.64. The van der Waals surface area contributed by atoms with E-state index in [-0.39, 0.29) is 4.90 Å². The van der Waals surface area contributed by atoms with Crippen LogP contribution >= 0.6 is 0 Å². The molecule has 1 atom stereocenters. The molecule has 1 aromatic carbocycles. The summed E-state index contributed by atoms with van der Waals surface area (Å²) < 4.78 is 146. The highest BCUT2D eigenvalue weighted by atomic mass is 28.3. The van der Waals surface area contributed by atoms with Crippen molar-refractivity contribution < 1.29 is 57.8 Å². The van der Waals surface area contributed by atoms with Crippen molar-refractivity contribution in [3.05, 3.63) is 36.5 Å². The number of hydrogen-bond acceptors (Lipinski definition) is 2. The Balaban J connectivity index is 3.50. The first kappa shape index (κ1) is 27.9. The van der Waals surface area contributed by atoms with E-state index in [4.69, 9.17) is 0 Å². The standard InChI is InChI=1S/C17H16F11NO2Si/c1-5-32(3,4)11-8-6-7-10(9-11)29(2)12(30)13(18,15(21,22)23)31-17(27,28)14(19,20)16(24,25)26/h5-9H,1H2,2-4H3. The Labute approximate surface area is 175 Å². The largest absolute Gasteiger partial charge is 0.462 e. The molecule has 0 aliphatic carbocycles. The van der Waals surface area contributed by atoms with Gasteiger partial charge in [-0.05, 0) is 12.1 Å². The molecule has 0 saturated carbocycles. The average molecular weight is 503 g/mol. The van der Waals surface area contributed by atoms with Gasteiger partial charge < -0.3 is 4.90 Å². The summed E-state index contributed by atoms with van der Waals surface area (Å²) in [4.78, 5) is 11.9. The van der Waals surface area contributed by atoms with Gasteiger partial charge in [0.1, 0.15) is 8.07 Å². The molecule has 0 radical (unpaired) electrons. The normalized spacial score (nSPS) is 15.8. The number of likely N-dealkylation sites (N-methyl/N-ethyl adjacent to an activating group) is 1. The molecule has 182 valence electrons. The Morgan fingerprint density at radius 1 is 0.969 bits per heavy atom. The molecule has 0 heterocycles.